The molecule has 1 aliphatic rings. The van der Waals surface area contributed by atoms with Gasteiger partial charge in [-0.15, -0.1) is 0 Å². The number of para-hydroxylation sites is 1. The molecule has 0 saturated carbocycles. The quantitative estimate of drug-likeness (QED) is 0.254. The number of methoxy groups -OCH3 is 1. The van der Waals surface area contributed by atoms with Crippen LogP contribution in [0.4, 0.5) is 23.0 Å². The van der Waals surface area contributed by atoms with Crippen molar-refractivity contribution in [2.45, 2.75) is 13.8 Å². The normalized spacial score (nSPS) is 13.5. The van der Waals surface area contributed by atoms with Crippen molar-refractivity contribution in [2.75, 3.05) is 55.9 Å². The predicted molar refractivity (Wildman–Crippen MR) is 163 cm³/mol. The number of nitrogens with zero attached hydrogens (tertiary/aromatic N) is 4. The highest BCUT2D eigenvalue weighted by atomic mass is 35.5. The molecule has 1 saturated heterocycles. The first-order chi connectivity index (χ1) is 19.8. The number of hydrogen-bond acceptors (Lipinski definition) is 8. The number of hydrogen-bond donors (Lipinski definition) is 2. The first-order valence-corrected chi connectivity index (χ1v) is 13.7. The molecule has 1 amide bonds. The minimum Gasteiger partial charge on any atom is -0.493 e. The Bertz CT molecular complexity index is 1520. The van der Waals surface area contributed by atoms with E-state index in [0.717, 1.165) is 48.7 Å². The van der Waals surface area contributed by atoms with E-state index in [4.69, 9.17) is 21.1 Å². The third-order valence-corrected chi connectivity index (χ3v) is 7.28. The number of carbonyl (C=O) groups is 1. The number of nitrogens with one attached hydrogen (secondary N) is 2. The summed E-state index contributed by atoms with van der Waals surface area (Å²) < 4.78 is 11.6. The summed E-state index contributed by atoms with van der Waals surface area (Å²) in [5.74, 6) is 0.726. The Balaban J connectivity index is 1.42. The molecule has 5 rings (SSSR count). The third-order valence-electron chi connectivity index (χ3n) is 7.04. The highest BCUT2D eigenvalue weighted by Gasteiger charge is 2.21. The molecule has 0 radical (unpaired) electrons. The van der Waals surface area contributed by atoms with Crippen molar-refractivity contribution in [3.63, 3.8) is 0 Å². The van der Waals surface area contributed by atoms with Crippen LogP contribution in [0.3, 0.4) is 0 Å². The zero-order chi connectivity index (χ0) is 28.9. The number of aryl methyl sites for hydroxylation is 2. The Kier molecular flexibility index (Phi) is 8.56. The van der Waals surface area contributed by atoms with Crippen LogP contribution in [-0.2, 0) is 0 Å². The maximum Gasteiger partial charge on any atom is 0.262 e. The monoisotopic (exact) mass is 572 g/mol. The van der Waals surface area contributed by atoms with Crippen LogP contribution >= 0.6 is 11.6 Å². The van der Waals surface area contributed by atoms with Crippen LogP contribution in [0.2, 0.25) is 5.02 Å². The molecule has 212 valence electrons. The Morgan fingerprint density at radius 3 is 2.34 bits per heavy atom. The summed E-state index contributed by atoms with van der Waals surface area (Å²) in [4.78, 5) is 27.2. The van der Waals surface area contributed by atoms with Gasteiger partial charge < -0.3 is 29.9 Å². The Morgan fingerprint density at radius 2 is 1.66 bits per heavy atom. The van der Waals surface area contributed by atoms with Gasteiger partial charge in [0.15, 0.2) is 11.5 Å². The van der Waals surface area contributed by atoms with Crippen molar-refractivity contribution in [2.24, 2.45) is 0 Å². The van der Waals surface area contributed by atoms with E-state index < -0.39 is 5.91 Å². The Morgan fingerprint density at radius 1 is 0.951 bits per heavy atom. The molecular formula is C31H33ClN6O3. The van der Waals surface area contributed by atoms with Gasteiger partial charge in [-0.3, -0.25) is 4.79 Å². The van der Waals surface area contributed by atoms with Crippen molar-refractivity contribution in [3.8, 4) is 17.4 Å². The standard InChI is InChI=1S/C31H33ClN6O3/c1-20-6-5-7-21(2)28(20)35-29(39)25-19-33-31(36-30(25)41-26-13-8-22(32)18-27(26)40-4)34-23-9-11-24(12-10-23)38-16-14-37(3)15-17-38/h5-13,18-19H,14-17H2,1-4H3,(H,35,39)(H,33,34,36). The molecule has 0 bridgehead atoms. The molecule has 0 spiro atoms. The van der Waals surface area contributed by atoms with Crippen molar-refractivity contribution < 1.29 is 14.3 Å². The lowest BCUT2D eigenvalue weighted by Gasteiger charge is -2.34. The van der Waals surface area contributed by atoms with E-state index in [-0.39, 0.29) is 17.4 Å². The first-order valence-electron chi connectivity index (χ1n) is 13.4. The number of ether oxygens (including phenoxy) is 2. The van der Waals surface area contributed by atoms with Crippen LogP contribution in [0.1, 0.15) is 21.5 Å². The topological polar surface area (TPSA) is 91.9 Å². The Labute approximate surface area is 245 Å². The summed E-state index contributed by atoms with van der Waals surface area (Å²) >= 11 is 6.14. The van der Waals surface area contributed by atoms with Crippen LogP contribution in [0.25, 0.3) is 0 Å². The average molecular weight is 573 g/mol. The summed E-state index contributed by atoms with van der Waals surface area (Å²) in [7, 11) is 3.66. The number of rotatable bonds is 8. The number of anilines is 4. The van der Waals surface area contributed by atoms with E-state index in [2.05, 4.69) is 49.6 Å². The molecule has 2 N–H and O–H groups in total. The van der Waals surface area contributed by atoms with Gasteiger partial charge in [0.1, 0.15) is 5.56 Å². The fraction of sp³-hybridized carbons (Fsp3) is 0.258. The minimum absolute atomic E-state index is 0.0703. The zero-order valence-electron chi connectivity index (χ0n) is 23.6. The molecule has 9 nitrogen and oxygen atoms in total. The van der Waals surface area contributed by atoms with Crippen molar-refractivity contribution in [1.29, 1.82) is 0 Å². The molecule has 10 heteroatoms. The maximum absolute atomic E-state index is 13.5. The fourth-order valence-electron chi connectivity index (χ4n) is 4.63. The molecule has 41 heavy (non-hydrogen) atoms. The SMILES string of the molecule is COc1cc(Cl)ccc1Oc1nc(Nc2ccc(N3CCN(C)CC3)cc2)ncc1C(=O)Nc1c(C)cccc1C. The van der Waals surface area contributed by atoms with Crippen LogP contribution in [0, 0.1) is 13.8 Å². The summed E-state index contributed by atoms with van der Waals surface area (Å²) in [5, 5.41) is 6.71. The molecular weight excluding hydrogens is 540 g/mol. The molecule has 2 heterocycles. The summed E-state index contributed by atoms with van der Waals surface area (Å²) in [6.07, 6.45) is 1.45. The molecule has 0 atom stereocenters. The largest absolute Gasteiger partial charge is 0.493 e. The molecule has 3 aromatic carbocycles. The Hall–Kier alpha value is -4.34. The number of piperazine rings is 1. The van der Waals surface area contributed by atoms with Crippen molar-refractivity contribution in [1.82, 2.24) is 14.9 Å². The molecule has 1 aromatic heterocycles. The van der Waals surface area contributed by atoms with Gasteiger partial charge in [0.05, 0.1) is 7.11 Å². The molecule has 0 aliphatic carbocycles. The smallest absolute Gasteiger partial charge is 0.262 e. The van der Waals surface area contributed by atoms with E-state index in [1.807, 2.05) is 44.2 Å². The molecule has 4 aromatic rings. The van der Waals surface area contributed by atoms with Gasteiger partial charge in [-0.1, -0.05) is 29.8 Å². The first kappa shape index (κ1) is 28.2. The number of aromatic nitrogens is 2. The van der Waals surface area contributed by atoms with Crippen LogP contribution < -0.4 is 25.0 Å². The second-order valence-electron chi connectivity index (χ2n) is 9.99. The van der Waals surface area contributed by atoms with Crippen LogP contribution in [0.15, 0.2) is 66.9 Å². The summed E-state index contributed by atoms with van der Waals surface area (Å²) in [6.45, 7) is 7.95. The van der Waals surface area contributed by atoms with Crippen LogP contribution in [-0.4, -0.2) is 61.1 Å². The molecule has 0 unspecified atom stereocenters. The highest BCUT2D eigenvalue weighted by molar-refractivity contribution is 6.30. The van der Waals surface area contributed by atoms with E-state index >= 15 is 0 Å². The van der Waals surface area contributed by atoms with E-state index in [1.54, 1.807) is 18.2 Å². The minimum atomic E-state index is -0.395. The predicted octanol–water partition coefficient (Wildman–Crippen LogP) is 6.30. The summed E-state index contributed by atoms with van der Waals surface area (Å²) in [5.41, 5.74) is 4.77. The van der Waals surface area contributed by atoms with Crippen molar-refractivity contribution >= 4 is 40.5 Å². The summed E-state index contributed by atoms with van der Waals surface area (Å²) in [6, 6.07) is 18.9. The van der Waals surface area contributed by atoms with Gasteiger partial charge in [0, 0.05) is 60.5 Å². The second-order valence-corrected chi connectivity index (χ2v) is 10.4. The maximum atomic E-state index is 13.5. The molecule has 1 aliphatic heterocycles. The van der Waals surface area contributed by atoms with E-state index in [9.17, 15) is 4.79 Å². The fourth-order valence-corrected chi connectivity index (χ4v) is 4.79. The second kappa shape index (κ2) is 12.4. The van der Waals surface area contributed by atoms with E-state index in [1.165, 1.54) is 19.0 Å². The van der Waals surface area contributed by atoms with Crippen molar-refractivity contribution in [3.05, 3.63) is 88.6 Å². The van der Waals surface area contributed by atoms with Gasteiger partial charge in [0.25, 0.3) is 5.91 Å². The zero-order valence-corrected chi connectivity index (χ0v) is 24.3. The highest BCUT2D eigenvalue weighted by Crippen LogP contribution is 2.35. The number of benzene rings is 3. The van der Waals surface area contributed by atoms with Gasteiger partial charge in [0.2, 0.25) is 11.8 Å². The number of carbonyl (C=O) groups excluding carboxylic acids is 1. The lowest BCUT2D eigenvalue weighted by Crippen LogP contribution is -2.44. The average Bonchev–Trinajstić information content (AvgIpc) is 2.97. The van der Waals surface area contributed by atoms with E-state index in [0.29, 0.717) is 16.5 Å². The van der Waals surface area contributed by atoms with Gasteiger partial charge in [-0.05, 0) is 68.4 Å². The molecule has 1 fully saturated rings. The third kappa shape index (κ3) is 6.70. The lowest BCUT2D eigenvalue weighted by atomic mass is 10.1. The number of halogens is 1. The number of likely N-dealkylation sites (N-methyl/N-ethyl adjacent to an activating group) is 1. The van der Waals surface area contributed by atoms with Gasteiger partial charge >= 0.3 is 0 Å². The number of amides is 1. The van der Waals surface area contributed by atoms with Crippen LogP contribution in [0.5, 0.6) is 17.4 Å². The van der Waals surface area contributed by atoms with Gasteiger partial charge in [-0.25, -0.2) is 4.98 Å². The lowest BCUT2D eigenvalue weighted by molar-refractivity contribution is 0.102. The van der Waals surface area contributed by atoms with Gasteiger partial charge in [-0.2, -0.15) is 4.98 Å².